The molecule has 0 aromatic heterocycles. The Morgan fingerprint density at radius 2 is 2.50 bits per heavy atom. The van der Waals surface area contributed by atoms with Gasteiger partial charge in [-0.25, -0.2) is 0 Å². The highest BCUT2D eigenvalue weighted by Crippen LogP contribution is 2.11. The Balaban J connectivity index is 2.22. The van der Waals surface area contributed by atoms with Crippen molar-refractivity contribution in [2.75, 3.05) is 20.2 Å². The minimum Gasteiger partial charge on any atom is -0.299 e. The zero-order valence-electron chi connectivity index (χ0n) is 5.42. The molecule has 0 spiro atoms. The highest BCUT2D eigenvalue weighted by molar-refractivity contribution is 4.75. The largest absolute Gasteiger partial charge is 0.299 e. The first-order chi connectivity index (χ1) is 3.83. The van der Waals surface area contributed by atoms with Crippen molar-refractivity contribution >= 4 is 0 Å². The van der Waals surface area contributed by atoms with Gasteiger partial charge in [-0.3, -0.25) is 4.84 Å². The lowest BCUT2D eigenvalue weighted by atomic mass is 10.1. The maximum atomic E-state index is 5.16. The SMILES string of the molecule is C[CH]C1CON(C)C1. The van der Waals surface area contributed by atoms with Crippen LogP contribution in [0.3, 0.4) is 0 Å². The Labute approximate surface area is 50.4 Å². The molecule has 1 unspecified atom stereocenters. The van der Waals surface area contributed by atoms with Crippen molar-refractivity contribution in [2.45, 2.75) is 6.92 Å². The lowest BCUT2D eigenvalue weighted by molar-refractivity contribution is -0.0870. The van der Waals surface area contributed by atoms with Crippen LogP contribution in [0, 0.1) is 12.3 Å². The maximum absolute atomic E-state index is 5.16. The Kier molecular flexibility index (Phi) is 1.86. The number of hydrogen-bond donors (Lipinski definition) is 0. The maximum Gasteiger partial charge on any atom is 0.0728 e. The van der Waals surface area contributed by atoms with Gasteiger partial charge in [0, 0.05) is 19.5 Å². The first-order valence-electron chi connectivity index (χ1n) is 2.96. The van der Waals surface area contributed by atoms with Gasteiger partial charge < -0.3 is 0 Å². The molecule has 1 heterocycles. The third kappa shape index (κ3) is 1.20. The normalized spacial score (nSPS) is 31.5. The summed E-state index contributed by atoms with van der Waals surface area (Å²) in [5.41, 5.74) is 0. The molecule has 2 nitrogen and oxygen atoms in total. The topological polar surface area (TPSA) is 12.5 Å². The summed E-state index contributed by atoms with van der Waals surface area (Å²) in [6, 6.07) is 0. The quantitative estimate of drug-likeness (QED) is 0.497. The van der Waals surface area contributed by atoms with Crippen LogP contribution in [0.25, 0.3) is 0 Å². The Morgan fingerprint density at radius 3 is 2.75 bits per heavy atom. The van der Waals surface area contributed by atoms with Crippen LogP contribution in [0.5, 0.6) is 0 Å². The molecular weight excluding hydrogens is 102 g/mol. The molecule has 0 bridgehead atoms. The molecule has 2 heteroatoms. The van der Waals surface area contributed by atoms with Crippen LogP contribution in [0.1, 0.15) is 6.92 Å². The molecule has 0 aromatic carbocycles. The monoisotopic (exact) mass is 114 g/mol. The van der Waals surface area contributed by atoms with Crippen molar-refractivity contribution in [2.24, 2.45) is 5.92 Å². The second kappa shape index (κ2) is 2.46. The van der Waals surface area contributed by atoms with Crippen LogP contribution in [-0.4, -0.2) is 25.3 Å². The molecule has 0 N–H and O–H groups in total. The van der Waals surface area contributed by atoms with Crippen LogP contribution in [0.15, 0.2) is 0 Å². The molecule has 0 aliphatic carbocycles. The Hall–Kier alpha value is -0.0800. The predicted molar refractivity (Wildman–Crippen MR) is 32.0 cm³/mol. The molecule has 1 fully saturated rings. The Morgan fingerprint density at radius 1 is 1.75 bits per heavy atom. The summed E-state index contributed by atoms with van der Waals surface area (Å²) in [7, 11) is 1.96. The second-order valence-electron chi connectivity index (χ2n) is 2.20. The molecule has 1 atom stereocenters. The number of nitrogens with zero attached hydrogens (tertiary/aromatic N) is 1. The molecule has 8 heavy (non-hydrogen) atoms. The molecule has 1 aliphatic rings. The zero-order valence-corrected chi connectivity index (χ0v) is 5.42. The summed E-state index contributed by atoms with van der Waals surface area (Å²) < 4.78 is 0. The summed E-state index contributed by atoms with van der Waals surface area (Å²) >= 11 is 0. The van der Waals surface area contributed by atoms with E-state index in [0.29, 0.717) is 5.92 Å². The van der Waals surface area contributed by atoms with E-state index in [1.165, 1.54) is 0 Å². The summed E-state index contributed by atoms with van der Waals surface area (Å²) in [4.78, 5) is 5.16. The van der Waals surface area contributed by atoms with Gasteiger partial charge in [0.2, 0.25) is 0 Å². The average molecular weight is 114 g/mol. The van der Waals surface area contributed by atoms with E-state index in [2.05, 4.69) is 13.3 Å². The van der Waals surface area contributed by atoms with Gasteiger partial charge in [-0.1, -0.05) is 6.92 Å². The number of rotatable bonds is 1. The summed E-state index contributed by atoms with van der Waals surface area (Å²) in [6.07, 6.45) is 2.18. The standard InChI is InChI=1S/C6H12NO/c1-3-6-4-7(2)8-5-6/h3,6H,4-5H2,1-2H3. The van der Waals surface area contributed by atoms with Gasteiger partial charge in [0.05, 0.1) is 6.61 Å². The van der Waals surface area contributed by atoms with E-state index in [1.54, 1.807) is 0 Å². The van der Waals surface area contributed by atoms with Crippen molar-refractivity contribution in [1.29, 1.82) is 0 Å². The molecule has 0 saturated carbocycles. The summed E-state index contributed by atoms with van der Waals surface area (Å²) in [5.74, 6) is 0.653. The molecule has 0 aromatic rings. The fourth-order valence-corrected chi connectivity index (χ4v) is 0.860. The van der Waals surface area contributed by atoms with Gasteiger partial charge in [-0.2, -0.15) is 5.06 Å². The van der Waals surface area contributed by atoms with Gasteiger partial charge in [0.15, 0.2) is 0 Å². The molecule has 1 aliphatic heterocycles. The van der Waals surface area contributed by atoms with Crippen molar-refractivity contribution < 1.29 is 4.84 Å². The predicted octanol–water partition coefficient (Wildman–Crippen LogP) is 0.704. The summed E-state index contributed by atoms with van der Waals surface area (Å²) in [6.45, 7) is 4.00. The van der Waals surface area contributed by atoms with Crippen molar-refractivity contribution in [1.82, 2.24) is 5.06 Å². The van der Waals surface area contributed by atoms with E-state index in [9.17, 15) is 0 Å². The average Bonchev–Trinajstić information content (AvgIpc) is 2.14. The van der Waals surface area contributed by atoms with Crippen LogP contribution in [0.2, 0.25) is 0 Å². The molecule has 1 saturated heterocycles. The first kappa shape index (κ1) is 6.05. The highest BCUT2D eigenvalue weighted by atomic mass is 16.7. The van der Waals surface area contributed by atoms with E-state index >= 15 is 0 Å². The number of hydrogen-bond acceptors (Lipinski definition) is 2. The summed E-state index contributed by atoms with van der Waals surface area (Å²) in [5, 5.41) is 1.88. The fraction of sp³-hybridized carbons (Fsp3) is 0.833. The highest BCUT2D eigenvalue weighted by Gasteiger charge is 2.17. The minimum atomic E-state index is 0.653. The lowest BCUT2D eigenvalue weighted by Gasteiger charge is -2.02. The molecule has 1 rings (SSSR count). The van der Waals surface area contributed by atoms with E-state index in [-0.39, 0.29) is 0 Å². The van der Waals surface area contributed by atoms with Gasteiger partial charge in [0.1, 0.15) is 0 Å². The van der Waals surface area contributed by atoms with Crippen molar-refractivity contribution in [3.63, 3.8) is 0 Å². The van der Waals surface area contributed by atoms with Crippen LogP contribution >= 0.6 is 0 Å². The van der Waals surface area contributed by atoms with Crippen molar-refractivity contribution in [3.8, 4) is 0 Å². The number of hydroxylamine groups is 2. The molecule has 1 radical (unpaired) electrons. The van der Waals surface area contributed by atoms with E-state index in [1.807, 2.05) is 12.1 Å². The van der Waals surface area contributed by atoms with Gasteiger partial charge in [-0.05, 0) is 6.42 Å². The fourth-order valence-electron chi connectivity index (χ4n) is 0.860. The van der Waals surface area contributed by atoms with Gasteiger partial charge in [0.25, 0.3) is 0 Å². The lowest BCUT2D eigenvalue weighted by Crippen LogP contribution is -2.12. The Bertz CT molecular complexity index is 74.9. The first-order valence-corrected chi connectivity index (χ1v) is 2.96. The van der Waals surface area contributed by atoms with E-state index in [4.69, 9.17) is 4.84 Å². The van der Waals surface area contributed by atoms with Crippen molar-refractivity contribution in [3.05, 3.63) is 6.42 Å². The third-order valence-electron chi connectivity index (χ3n) is 1.47. The van der Waals surface area contributed by atoms with E-state index < -0.39 is 0 Å². The third-order valence-corrected chi connectivity index (χ3v) is 1.47. The molecule has 47 valence electrons. The molecular formula is C6H12NO. The molecule has 0 amide bonds. The smallest absolute Gasteiger partial charge is 0.0728 e. The van der Waals surface area contributed by atoms with E-state index in [0.717, 1.165) is 13.2 Å². The minimum absolute atomic E-state index is 0.653. The van der Waals surface area contributed by atoms with Crippen LogP contribution < -0.4 is 0 Å². The van der Waals surface area contributed by atoms with Gasteiger partial charge in [-0.15, -0.1) is 0 Å². The van der Waals surface area contributed by atoms with Crippen LogP contribution in [0.4, 0.5) is 0 Å². The van der Waals surface area contributed by atoms with Gasteiger partial charge >= 0.3 is 0 Å². The van der Waals surface area contributed by atoms with Crippen LogP contribution in [-0.2, 0) is 4.84 Å². The second-order valence-corrected chi connectivity index (χ2v) is 2.20. The zero-order chi connectivity index (χ0) is 5.98.